The average molecular weight is 286 g/mol. The first-order chi connectivity index (χ1) is 9.04. The van der Waals surface area contributed by atoms with Gasteiger partial charge in [-0.25, -0.2) is 0 Å². The first-order valence-corrected chi connectivity index (χ1v) is 7.16. The van der Waals surface area contributed by atoms with Gasteiger partial charge in [-0.3, -0.25) is 10.1 Å². The number of ether oxygens (including phenoxy) is 1. The van der Waals surface area contributed by atoms with Crippen molar-refractivity contribution in [2.24, 2.45) is 0 Å². The van der Waals surface area contributed by atoms with Crippen molar-refractivity contribution in [3.05, 3.63) is 21.1 Å². The summed E-state index contributed by atoms with van der Waals surface area (Å²) in [5.74, 6) is 0. The fourth-order valence-corrected chi connectivity index (χ4v) is 3.35. The molecule has 0 bridgehead atoms. The molecule has 6 nitrogen and oxygen atoms in total. The van der Waals surface area contributed by atoms with Crippen LogP contribution in [0.1, 0.15) is 31.2 Å². The van der Waals surface area contributed by atoms with Crippen molar-refractivity contribution in [1.82, 2.24) is 0 Å². The maximum absolute atomic E-state index is 11.2. The molecule has 0 aliphatic carbocycles. The second-order valence-electron chi connectivity index (χ2n) is 4.60. The fourth-order valence-electron chi connectivity index (χ4n) is 2.19. The zero-order valence-corrected chi connectivity index (χ0v) is 11.9. The SMILES string of the molecule is CCC1COCCN1c1sc([C@H](C)O)cc1[N+](=O)[O-]. The van der Waals surface area contributed by atoms with Gasteiger partial charge >= 0.3 is 5.69 Å². The molecule has 1 aromatic rings. The largest absolute Gasteiger partial charge is 0.388 e. The summed E-state index contributed by atoms with van der Waals surface area (Å²) in [6.07, 6.45) is 0.192. The monoisotopic (exact) mass is 286 g/mol. The fraction of sp³-hybridized carbons (Fsp3) is 0.667. The molecule has 1 aliphatic heterocycles. The highest BCUT2D eigenvalue weighted by Crippen LogP contribution is 2.41. The van der Waals surface area contributed by atoms with E-state index in [2.05, 4.69) is 0 Å². The van der Waals surface area contributed by atoms with Crippen molar-refractivity contribution < 1.29 is 14.8 Å². The lowest BCUT2D eigenvalue weighted by atomic mass is 10.2. The molecule has 1 aliphatic rings. The van der Waals surface area contributed by atoms with Gasteiger partial charge in [0.1, 0.15) is 0 Å². The zero-order valence-electron chi connectivity index (χ0n) is 11.0. The van der Waals surface area contributed by atoms with Gasteiger partial charge < -0.3 is 14.7 Å². The van der Waals surface area contributed by atoms with Crippen LogP contribution >= 0.6 is 11.3 Å². The van der Waals surface area contributed by atoms with Crippen LogP contribution in [-0.2, 0) is 4.74 Å². The second kappa shape index (κ2) is 5.85. The third-order valence-electron chi connectivity index (χ3n) is 3.28. The minimum atomic E-state index is -0.682. The van der Waals surface area contributed by atoms with Crippen molar-refractivity contribution in [2.75, 3.05) is 24.7 Å². The summed E-state index contributed by atoms with van der Waals surface area (Å²) in [6.45, 7) is 5.49. The zero-order chi connectivity index (χ0) is 14.0. The molecule has 0 saturated carbocycles. The molecule has 0 aromatic carbocycles. The number of aliphatic hydroxyl groups excluding tert-OH is 1. The lowest BCUT2D eigenvalue weighted by Gasteiger charge is -2.35. The number of anilines is 1. The van der Waals surface area contributed by atoms with Gasteiger partial charge in [0.05, 0.1) is 30.3 Å². The van der Waals surface area contributed by atoms with Gasteiger partial charge in [0.15, 0.2) is 5.00 Å². The van der Waals surface area contributed by atoms with Gasteiger partial charge in [-0.1, -0.05) is 6.92 Å². The highest BCUT2D eigenvalue weighted by molar-refractivity contribution is 7.16. The lowest BCUT2D eigenvalue weighted by molar-refractivity contribution is -0.383. The van der Waals surface area contributed by atoms with Crippen molar-refractivity contribution in [2.45, 2.75) is 32.4 Å². The first-order valence-electron chi connectivity index (χ1n) is 6.35. The van der Waals surface area contributed by atoms with Crippen LogP contribution in [0.5, 0.6) is 0 Å². The number of hydrogen-bond donors (Lipinski definition) is 1. The molecule has 106 valence electrons. The number of aliphatic hydroxyl groups is 1. The molecule has 19 heavy (non-hydrogen) atoms. The Kier molecular flexibility index (Phi) is 4.38. The van der Waals surface area contributed by atoms with E-state index in [0.29, 0.717) is 29.6 Å². The normalized spacial score (nSPS) is 21.4. The third-order valence-corrected chi connectivity index (χ3v) is 4.61. The highest BCUT2D eigenvalue weighted by Gasteiger charge is 2.30. The molecule has 0 radical (unpaired) electrons. The molecule has 1 saturated heterocycles. The summed E-state index contributed by atoms with van der Waals surface area (Å²) < 4.78 is 5.42. The number of rotatable bonds is 4. The van der Waals surface area contributed by atoms with Crippen molar-refractivity contribution in [1.29, 1.82) is 0 Å². The Morgan fingerprint density at radius 1 is 1.74 bits per heavy atom. The molecule has 1 N–H and O–H groups in total. The maximum Gasteiger partial charge on any atom is 0.304 e. The molecule has 0 spiro atoms. The Morgan fingerprint density at radius 2 is 2.47 bits per heavy atom. The molecular weight excluding hydrogens is 268 g/mol. The number of hydrogen-bond acceptors (Lipinski definition) is 6. The Hall–Kier alpha value is -1.18. The van der Waals surface area contributed by atoms with E-state index in [9.17, 15) is 15.2 Å². The summed E-state index contributed by atoms with van der Waals surface area (Å²) in [7, 11) is 0. The van der Waals surface area contributed by atoms with Gasteiger partial charge in [-0.15, -0.1) is 11.3 Å². The molecule has 2 rings (SSSR count). The molecule has 1 fully saturated rings. The molecular formula is C12H18N2O4S. The second-order valence-corrected chi connectivity index (χ2v) is 5.66. The topological polar surface area (TPSA) is 75.8 Å². The summed E-state index contributed by atoms with van der Waals surface area (Å²) >= 11 is 1.30. The smallest absolute Gasteiger partial charge is 0.304 e. The molecule has 2 atom stereocenters. The van der Waals surface area contributed by atoms with E-state index in [4.69, 9.17) is 4.74 Å². The summed E-state index contributed by atoms with van der Waals surface area (Å²) in [5, 5.41) is 21.4. The van der Waals surface area contributed by atoms with E-state index in [1.54, 1.807) is 6.92 Å². The van der Waals surface area contributed by atoms with Crippen LogP contribution in [0.3, 0.4) is 0 Å². The van der Waals surface area contributed by atoms with Crippen LogP contribution in [-0.4, -0.2) is 35.8 Å². The lowest BCUT2D eigenvalue weighted by Crippen LogP contribution is -2.45. The third kappa shape index (κ3) is 2.88. The Labute approximate surface area is 115 Å². The van der Waals surface area contributed by atoms with Gasteiger partial charge in [-0.2, -0.15) is 0 Å². The Bertz CT molecular complexity index is 461. The van der Waals surface area contributed by atoms with E-state index < -0.39 is 6.10 Å². The summed E-state index contributed by atoms with van der Waals surface area (Å²) in [5.41, 5.74) is 0.0845. The van der Waals surface area contributed by atoms with Gasteiger partial charge in [0.2, 0.25) is 0 Å². The standard InChI is InChI=1S/C12H18N2O4S/c1-3-9-7-18-5-4-13(9)12-10(14(16)17)6-11(19-12)8(2)15/h6,8-9,15H,3-5,7H2,1-2H3/t8-,9?/m0/s1. The van der Waals surface area contributed by atoms with E-state index in [0.717, 1.165) is 6.42 Å². The van der Waals surface area contributed by atoms with Crippen molar-refractivity contribution in [3.8, 4) is 0 Å². The molecule has 0 amide bonds. The molecule has 7 heteroatoms. The molecule has 1 unspecified atom stereocenters. The summed E-state index contributed by atoms with van der Waals surface area (Å²) in [6, 6.07) is 1.64. The van der Waals surface area contributed by atoms with E-state index in [1.165, 1.54) is 17.4 Å². The highest BCUT2D eigenvalue weighted by atomic mass is 32.1. The number of morpholine rings is 1. The maximum atomic E-state index is 11.2. The number of nitro groups is 1. The molecule has 2 heterocycles. The van der Waals surface area contributed by atoms with Crippen molar-refractivity contribution >= 4 is 22.0 Å². The van der Waals surface area contributed by atoms with Gasteiger partial charge in [-0.05, 0) is 13.3 Å². The van der Waals surface area contributed by atoms with Crippen LogP contribution < -0.4 is 4.90 Å². The number of nitrogens with zero attached hydrogens (tertiary/aromatic N) is 2. The van der Waals surface area contributed by atoms with Crippen LogP contribution in [0.25, 0.3) is 0 Å². The summed E-state index contributed by atoms with van der Waals surface area (Å²) in [4.78, 5) is 13.5. The number of thiophene rings is 1. The van der Waals surface area contributed by atoms with Gasteiger partial charge in [0, 0.05) is 17.5 Å². The van der Waals surface area contributed by atoms with Gasteiger partial charge in [0.25, 0.3) is 0 Å². The van der Waals surface area contributed by atoms with Crippen LogP contribution in [0, 0.1) is 10.1 Å². The average Bonchev–Trinajstić information content (AvgIpc) is 2.83. The van der Waals surface area contributed by atoms with Crippen LogP contribution in [0.15, 0.2) is 6.07 Å². The molecule has 1 aromatic heterocycles. The minimum absolute atomic E-state index is 0.0845. The quantitative estimate of drug-likeness (QED) is 0.679. The van der Waals surface area contributed by atoms with E-state index in [1.807, 2.05) is 11.8 Å². The Morgan fingerprint density at radius 3 is 3.05 bits per heavy atom. The van der Waals surface area contributed by atoms with Crippen LogP contribution in [0.4, 0.5) is 10.7 Å². The van der Waals surface area contributed by atoms with Crippen LogP contribution in [0.2, 0.25) is 0 Å². The van der Waals surface area contributed by atoms with Crippen molar-refractivity contribution in [3.63, 3.8) is 0 Å². The predicted octanol–water partition coefficient (Wildman–Crippen LogP) is 2.32. The van der Waals surface area contributed by atoms with E-state index in [-0.39, 0.29) is 16.7 Å². The van der Waals surface area contributed by atoms with E-state index >= 15 is 0 Å². The minimum Gasteiger partial charge on any atom is -0.388 e. The predicted molar refractivity (Wildman–Crippen MR) is 73.9 cm³/mol. The first kappa shape index (κ1) is 14.2. The Balaban J connectivity index is 2.38.